The molecular formula is C18H17NO2S. The molecule has 2 heterocycles. The Bertz CT molecular complexity index is 687. The quantitative estimate of drug-likeness (QED) is 0.913. The smallest absolute Gasteiger partial charge is 0.251 e. The second kappa shape index (κ2) is 7.09. The predicted molar refractivity (Wildman–Crippen MR) is 89.2 cm³/mol. The summed E-state index contributed by atoms with van der Waals surface area (Å²) < 4.78 is 5.57. The molecule has 0 saturated heterocycles. The minimum atomic E-state index is -0.0489. The molecule has 3 rings (SSSR count). The Morgan fingerprint density at radius 1 is 1.18 bits per heavy atom. The van der Waals surface area contributed by atoms with E-state index in [2.05, 4.69) is 5.32 Å². The van der Waals surface area contributed by atoms with Crippen LogP contribution in [0.2, 0.25) is 0 Å². The van der Waals surface area contributed by atoms with Crippen molar-refractivity contribution < 1.29 is 9.53 Å². The van der Waals surface area contributed by atoms with Crippen LogP contribution in [0.3, 0.4) is 0 Å². The summed E-state index contributed by atoms with van der Waals surface area (Å²) in [4.78, 5) is 13.5. The Balaban J connectivity index is 1.66. The minimum absolute atomic E-state index is 0.0489. The first-order valence-corrected chi connectivity index (χ1v) is 8.10. The molecule has 0 saturated carbocycles. The number of hydrogen-bond donors (Lipinski definition) is 1. The molecule has 1 N–H and O–H groups in total. The Morgan fingerprint density at radius 2 is 2.05 bits per heavy atom. The Morgan fingerprint density at radius 3 is 2.82 bits per heavy atom. The van der Waals surface area contributed by atoms with E-state index in [0.717, 1.165) is 16.0 Å². The van der Waals surface area contributed by atoms with Gasteiger partial charge < -0.3 is 10.1 Å². The van der Waals surface area contributed by atoms with Gasteiger partial charge in [-0.15, -0.1) is 11.3 Å². The molecule has 1 aromatic carbocycles. The van der Waals surface area contributed by atoms with Crippen LogP contribution in [-0.4, -0.2) is 12.5 Å². The maximum absolute atomic E-state index is 12.3. The third kappa shape index (κ3) is 3.65. The molecule has 0 atom stereocenters. The average Bonchev–Trinajstić information content (AvgIpc) is 3.22. The van der Waals surface area contributed by atoms with E-state index >= 15 is 0 Å². The highest BCUT2D eigenvalue weighted by Crippen LogP contribution is 2.22. The molecule has 0 unspecified atom stereocenters. The number of benzene rings is 1. The number of ether oxygens (including phenoxy) is 1. The van der Waals surface area contributed by atoms with Crippen LogP contribution in [0.25, 0.3) is 6.08 Å². The number of thiophene rings is 1. The lowest BCUT2D eigenvalue weighted by molar-refractivity contribution is -0.117. The van der Waals surface area contributed by atoms with Gasteiger partial charge in [-0.05, 0) is 29.2 Å². The summed E-state index contributed by atoms with van der Waals surface area (Å²) in [5, 5.41) is 4.98. The molecule has 22 heavy (non-hydrogen) atoms. The molecule has 1 aliphatic heterocycles. The summed E-state index contributed by atoms with van der Waals surface area (Å²) in [7, 11) is 0. The number of hydrogen-bond acceptors (Lipinski definition) is 3. The third-order valence-electron chi connectivity index (χ3n) is 3.42. The molecule has 0 radical (unpaired) electrons. The highest BCUT2D eigenvalue weighted by molar-refractivity contribution is 7.10. The van der Waals surface area contributed by atoms with Gasteiger partial charge in [0, 0.05) is 17.8 Å². The first-order chi connectivity index (χ1) is 10.8. The average molecular weight is 311 g/mol. The zero-order valence-electron chi connectivity index (χ0n) is 12.1. The fourth-order valence-corrected chi connectivity index (χ4v) is 2.89. The number of allylic oxidation sites excluding steroid dienone is 1. The fraction of sp³-hybridized carbons (Fsp3) is 0.167. The fourth-order valence-electron chi connectivity index (χ4n) is 2.28. The van der Waals surface area contributed by atoms with Gasteiger partial charge in [-0.2, -0.15) is 0 Å². The standard InChI is InChI=1S/C18H17NO2S/c20-18(19-13-14-5-2-1-3-6-14)16-10-11-21-17(16)9-8-15-7-4-12-22-15/h1-9,12H,10-11,13H2,(H,19,20)/b9-8+. The molecule has 2 aromatic rings. The monoisotopic (exact) mass is 311 g/mol. The zero-order chi connectivity index (χ0) is 15.2. The summed E-state index contributed by atoms with van der Waals surface area (Å²) in [6.45, 7) is 1.10. The summed E-state index contributed by atoms with van der Waals surface area (Å²) in [6, 6.07) is 13.9. The normalized spacial score (nSPS) is 14.4. The van der Waals surface area contributed by atoms with Crippen LogP contribution >= 0.6 is 11.3 Å². The van der Waals surface area contributed by atoms with Crippen LogP contribution in [0.4, 0.5) is 0 Å². The van der Waals surface area contributed by atoms with Crippen molar-refractivity contribution in [2.75, 3.05) is 6.61 Å². The maximum atomic E-state index is 12.3. The number of rotatable bonds is 5. The van der Waals surface area contributed by atoms with Gasteiger partial charge in [0.2, 0.25) is 0 Å². The number of nitrogens with one attached hydrogen (secondary N) is 1. The molecule has 1 aromatic heterocycles. The van der Waals surface area contributed by atoms with E-state index in [0.29, 0.717) is 25.3 Å². The summed E-state index contributed by atoms with van der Waals surface area (Å²) in [6.07, 6.45) is 4.52. The number of carbonyl (C=O) groups is 1. The first kappa shape index (κ1) is 14.6. The van der Waals surface area contributed by atoms with Crippen molar-refractivity contribution in [3.05, 3.63) is 75.7 Å². The van der Waals surface area contributed by atoms with Gasteiger partial charge >= 0.3 is 0 Å². The molecule has 3 nitrogen and oxygen atoms in total. The van der Waals surface area contributed by atoms with E-state index in [1.807, 2.05) is 60.0 Å². The largest absolute Gasteiger partial charge is 0.493 e. The van der Waals surface area contributed by atoms with Gasteiger partial charge in [0.15, 0.2) is 0 Å². The molecule has 112 valence electrons. The van der Waals surface area contributed by atoms with Crippen LogP contribution < -0.4 is 5.32 Å². The second-order valence-electron chi connectivity index (χ2n) is 4.96. The van der Waals surface area contributed by atoms with Crippen LogP contribution in [0.5, 0.6) is 0 Å². The van der Waals surface area contributed by atoms with Gasteiger partial charge in [0.05, 0.1) is 12.2 Å². The lowest BCUT2D eigenvalue weighted by Gasteiger charge is -2.06. The van der Waals surface area contributed by atoms with Gasteiger partial charge in [0.25, 0.3) is 5.91 Å². The topological polar surface area (TPSA) is 38.3 Å². The van der Waals surface area contributed by atoms with Crippen molar-refractivity contribution in [1.29, 1.82) is 0 Å². The van der Waals surface area contributed by atoms with Crippen molar-refractivity contribution in [1.82, 2.24) is 5.32 Å². The molecule has 0 fully saturated rings. The van der Waals surface area contributed by atoms with Crippen LogP contribution in [0.15, 0.2) is 65.3 Å². The van der Waals surface area contributed by atoms with Gasteiger partial charge in [-0.1, -0.05) is 36.4 Å². The number of amides is 1. The molecule has 0 spiro atoms. The van der Waals surface area contributed by atoms with Gasteiger partial charge in [-0.25, -0.2) is 0 Å². The van der Waals surface area contributed by atoms with Crippen LogP contribution in [-0.2, 0) is 16.1 Å². The Labute approximate surface area is 133 Å². The Hall–Kier alpha value is -2.33. The van der Waals surface area contributed by atoms with Crippen molar-refractivity contribution in [2.45, 2.75) is 13.0 Å². The van der Waals surface area contributed by atoms with E-state index in [1.54, 1.807) is 11.3 Å². The van der Waals surface area contributed by atoms with Crippen molar-refractivity contribution >= 4 is 23.3 Å². The van der Waals surface area contributed by atoms with E-state index in [4.69, 9.17) is 4.74 Å². The molecule has 1 amide bonds. The summed E-state index contributed by atoms with van der Waals surface area (Å²) in [5.74, 6) is 0.631. The van der Waals surface area contributed by atoms with Crippen molar-refractivity contribution in [2.24, 2.45) is 0 Å². The highest BCUT2D eigenvalue weighted by atomic mass is 32.1. The summed E-state index contributed by atoms with van der Waals surface area (Å²) in [5.41, 5.74) is 1.81. The number of carbonyl (C=O) groups excluding carboxylic acids is 1. The maximum Gasteiger partial charge on any atom is 0.251 e. The summed E-state index contributed by atoms with van der Waals surface area (Å²) >= 11 is 1.66. The van der Waals surface area contributed by atoms with Crippen molar-refractivity contribution in [3.63, 3.8) is 0 Å². The molecule has 1 aliphatic rings. The van der Waals surface area contributed by atoms with E-state index in [-0.39, 0.29) is 5.91 Å². The molecule has 0 aliphatic carbocycles. The van der Waals surface area contributed by atoms with Crippen LogP contribution in [0, 0.1) is 0 Å². The zero-order valence-corrected chi connectivity index (χ0v) is 12.9. The Kier molecular flexibility index (Phi) is 4.71. The first-order valence-electron chi connectivity index (χ1n) is 7.22. The lowest BCUT2D eigenvalue weighted by Crippen LogP contribution is -2.24. The minimum Gasteiger partial charge on any atom is -0.493 e. The third-order valence-corrected chi connectivity index (χ3v) is 4.26. The van der Waals surface area contributed by atoms with E-state index in [1.165, 1.54) is 0 Å². The molecule has 0 bridgehead atoms. The van der Waals surface area contributed by atoms with Crippen LogP contribution in [0.1, 0.15) is 16.9 Å². The van der Waals surface area contributed by atoms with Gasteiger partial charge in [0.1, 0.15) is 5.76 Å². The molecule has 4 heteroatoms. The van der Waals surface area contributed by atoms with Gasteiger partial charge in [-0.3, -0.25) is 4.79 Å². The lowest BCUT2D eigenvalue weighted by atomic mass is 10.1. The van der Waals surface area contributed by atoms with E-state index in [9.17, 15) is 4.79 Å². The second-order valence-corrected chi connectivity index (χ2v) is 5.94. The molecular weight excluding hydrogens is 294 g/mol. The van der Waals surface area contributed by atoms with E-state index < -0.39 is 0 Å². The van der Waals surface area contributed by atoms with Crippen molar-refractivity contribution in [3.8, 4) is 0 Å². The highest BCUT2D eigenvalue weighted by Gasteiger charge is 2.20. The predicted octanol–water partition coefficient (Wildman–Crippen LogP) is 3.75. The SMILES string of the molecule is O=C(NCc1ccccc1)C1=C(/C=C/c2cccs2)OCC1.